The van der Waals surface area contributed by atoms with Crippen molar-refractivity contribution in [2.75, 3.05) is 36.9 Å². The molecule has 254 valence electrons. The molecule has 1 aliphatic heterocycles. The average Bonchev–Trinajstić information content (AvgIpc) is 3.06. The van der Waals surface area contributed by atoms with Crippen molar-refractivity contribution in [2.24, 2.45) is 0 Å². The highest BCUT2D eigenvalue weighted by atomic mass is 19.1. The summed E-state index contributed by atoms with van der Waals surface area (Å²) >= 11 is 0. The van der Waals surface area contributed by atoms with Crippen molar-refractivity contribution in [2.45, 2.75) is 84.8 Å². The van der Waals surface area contributed by atoms with Crippen LogP contribution in [0, 0.1) is 12.7 Å². The minimum atomic E-state index is -0.617. The molecule has 0 spiro atoms. The van der Waals surface area contributed by atoms with Crippen LogP contribution in [0.15, 0.2) is 54.6 Å². The van der Waals surface area contributed by atoms with Crippen LogP contribution in [-0.4, -0.2) is 60.3 Å². The molecule has 4 N–H and O–H groups in total. The van der Waals surface area contributed by atoms with Crippen molar-refractivity contribution < 1.29 is 28.6 Å². The number of carbonyl (C=O) groups excluding carboxylic acids is 2. The Labute approximate surface area is 277 Å². The van der Waals surface area contributed by atoms with Gasteiger partial charge in [0.15, 0.2) is 0 Å². The van der Waals surface area contributed by atoms with Crippen molar-refractivity contribution >= 4 is 23.3 Å². The van der Waals surface area contributed by atoms with Crippen LogP contribution in [0.1, 0.15) is 80.8 Å². The van der Waals surface area contributed by atoms with Gasteiger partial charge in [0.1, 0.15) is 29.2 Å². The molecule has 3 aromatic rings. The lowest BCUT2D eigenvalue weighted by molar-refractivity contribution is 0.0986. The van der Waals surface area contributed by atoms with Gasteiger partial charge in [-0.3, -0.25) is 4.79 Å². The van der Waals surface area contributed by atoms with E-state index in [1.807, 2.05) is 26.8 Å². The van der Waals surface area contributed by atoms with E-state index in [9.17, 15) is 19.1 Å². The Morgan fingerprint density at radius 3 is 2.38 bits per heavy atom. The molecule has 4 rings (SSSR count). The van der Waals surface area contributed by atoms with Crippen molar-refractivity contribution in [1.82, 2.24) is 10.2 Å². The number of nitrogens with zero attached hydrogens (tertiary/aromatic N) is 1. The monoisotopic (exact) mass is 648 g/mol. The van der Waals surface area contributed by atoms with Gasteiger partial charge in [-0.05, 0) is 112 Å². The Balaban J connectivity index is 1.35. The van der Waals surface area contributed by atoms with Gasteiger partial charge in [-0.2, -0.15) is 0 Å². The number of anilines is 2. The first-order valence-corrected chi connectivity index (χ1v) is 16.8. The first-order valence-electron chi connectivity index (χ1n) is 16.8. The Morgan fingerprint density at radius 1 is 0.979 bits per heavy atom. The Bertz CT molecular complexity index is 1490. The summed E-state index contributed by atoms with van der Waals surface area (Å²) in [6.45, 7) is 11.1. The number of hydrogen-bond donors (Lipinski definition) is 4. The number of hydrogen-bond acceptors (Lipinski definition) is 6. The van der Waals surface area contributed by atoms with Crippen molar-refractivity contribution in [3.63, 3.8) is 0 Å². The van der Waals surface area contributed by atoms with Crippen molar-refractivity contribution in [3.05, 3.63) is 77.1 Å². The number of halogens is 1. The number of ether oxygens (including phenoxy) is 2. The molecule has 1 saturated heterocycles. The molecule has 0 saturated carbocycles. The summed E-state index contributed by atoms with van der Waals surface area (Å²) in [5.41, 5.74) is 2.63. The molecule has 0 radical (unpaired) electrons. The second-order valence-corrected chi connectivity index (χ2v) is 12.1. The van der Waals surface area contributed by atoms with Gasteiger partial charge >= 0.3 is 6.03 Å². The minimum Gasteiger partial charge on any atom is -0.490 e. The molecule has 0 bridgehead atoms. The van der Waals surface area contributed by atoms with E-state index in [-0.39, 0.29) is 36.1 Å². The second-order valence-electron chi connectivity index (χ2n) is 12.1. The number of aryl methyl sites for hydroxylation is 1. The predicted molar refractivity (Wildman–Crippen MR) is 184 cm³/mol. The number of urea groups is 1. The Hall–Kier alpha value is -4.15. The molecule has 47 heavy (non-hydrogen) atoms. The number of piperidine rings is 1. The van der Waals surface area contributed by atoms with Crippen LogP contribution in [0.5, 0.6) is 17.2 Å². The van der Waals surface area contributed by atoms with Gasteiger partial charge in [0.05, 0.1) is 5.69 Å². The molecule has 1 fully saturated rings. The van der Waals surface area contributed by atoms with Crippen molar-refractivity contribution in [3.8, 4) is 17.2 Å². The number of unbranched alkanes of at least 4 members (excludes halogenated alkanes) is 1. The zero-order valence-electron chi connectivity index (χ0n) is 28.0. The van der Waals surface area contributed by atoms with Gasteiger partial charge in [0, 0.05) is 43.1 Å². The standard InChI is InChI=1S/C37H49FN4O5/c1-5-8-18-42-19-15-30(16-20-42)46-35-13-9-27(23-26(35)17-21-43)36(44)39-29-10-14-34(25(4)22-29)47-31-11-12-33(32(38)24-31)41-37(45)40-28(6-2)7-3/h9-14,22-24,28,30,43H,5-8,15-21H2,1-4H3,(H,39,44)(H2,40,41,45). The summed E-state index contributed by atoms with van der Waals surface area (Å²) in [7, 11) is 0. The summed E-state index contributed by atoms with van der Waals surface area (Å²) in [6, 6.07) is 14.4. The third-order valence-corrected chi connectivity index (χ3v) is 8.53. The molecule has 0 unspecified atom stereocenters. The van der Waals surface area contributed by atoms with E-state index < -0.39 is 11.8 Å². The largest absolute Gasteiger partial charge is 0.490 e. The van der Waals surface area contributed by atoms with Gasteiger partial charge in [0.25, 0.3) is 5.91 Å². The summed E-state index contributed by atoms with van der Waals surface area (Å²) in [5, 5.41) is 18.0. The quantitative estimate of drug-likeness (QED) is 0.135. The fourth-order valence-corrected chi connectivity index (χ4v) is 5.63. The smallest absolute Gasteiger partial charge is 0.319 e. The zero-order valence-corrected chi connectivity index (χ0v) is 28.0. The zero-order chi connectivity index (χ0) is 33.8. The fraction of sp³-hybridized carbons (Fsp3) is 0.459. The van der Waals surface area contributed by atoms with E-state index in [4.69, 9.17) is 9.47 Å². The van der Waals surface area contributed by atoms with E-state index in [2.05, 4.69) is 27.8 Å². The number of aliphatic hydroxyl groups excluding tert-OH is 1. The van der Waals surface area contributed by atoms with Crippen molar-refractivity contribution in [1.29, 1.82) is 0 Å². The lowest BCUT2D eigenvalue weighted by atomic mass is 10.0. The molecule has 9 nitrogen and oxygen atoms in total. The maximum atomic E-state index is 14.8. The Morgan fingerprint density at radius 2 is 1.72 bits per heavy atom. The van der Waals surface area contributed by atoms with Gasteiger partial charge < -0.3 is 35.4 Å². The van der Waals surface area contributed by atoms with E-state index in [1.165, 1.54) is 25.0 Å². The van der Waals surface area contributed by atoms with Gasteiger partial charge in [-0.15, -0.1) is 0 Å². The van der Waals surface area contributed by atoms with Crippen LogP contribution < -0.4 is 25.4 Å². The van der Waals surface area contributed by atoms with Crippen LogP contribution in [0.4, 0.5) is 20.6 Å². The normalized spacial score (nSPS) is 13.8. The minimum absolute atomic E-state index is 0.0218. The van der Waals surface area contributed by atoms with Crippen LogP contribution in [0.25, 0.3) is 0 Å². The summed E-state index contributed by atoms with van der Waals surface area (Å²) in [4.78, 5) is 27.9. The third kappa shape index (κ3) is 10.4. The van der Waals surface area contributed by atoms with Crippen LogP contribution >= 0.6 is 0 Å². The average molecular weight is 649 g/mol. The lowest BCUT2D eigenvalue weighted by Gasteiger charge is -2.32. The number of amides is 3. The van der Waals surface area contributed by atoms with Crippen LogP contribution in [0.3, 0.4) is 0 Å². The fourth-order valence-electron chi connectivity index (χ4n) is 5.63. The lowest BCUT2D eigenvalue weighted by Crippen LogP contribution is -2.38. The highest BCUT2D eigenvalue weighted by molar-refractivity contribution is 6.04. The maximum absolute atomic E-state index is 14.8. The first kappa shape index (κ1) is 35.7. The number of aliphatic hydroxyl groups is 1. The third-order valence-electron chi connectivity index (χ3n) is 8.53. The van der Waals surface area contributed by atoms with E-state index in [0.717, 1.165) is 56.4 Å². The SMILES string of the molecule is CCCCN1CCC(Oc2ccc(C(=O)Nc3ccc(Oc4ccc(NC(=O)NC(CC)CC)c(F)c4)c(C)c3)cc2CCO)CC1. The number of benzene rings is 3. The molecular weight excluding hydrogens is 599 g/mol. The molecule has 1 aliphatic rings. The molecule has 0 atom stereocenters. The molecule has 3 aromatic carbocycles. The van der Waals surface area contributed by atoms with E-state index in [0.29, 0.717) is 29.2 Å². The predicted octanol–water partition coefficient (Wildman–Crippen LogP) is 7.67. The molecule has 1 heterocycles. The molecule has 3 amide bonds. The number of carbonyl (C=O) groups is 2. The molecule has 10 heteroatoms. The summed E-state index contributed by atoms with van der Waals surface area (Å²) < 4.78 is 27.0. The van der Waals surface area contributed by atoms with Crippen LogP contribution in [-0.2, 0) is 6.42 Å². The van der Waals surface area contributed by atoms with E-state index in [1.54, 1.807) is 36.4 Å². The topological polar surface area (TPSA) is 112 Å². The summed E-state index contributed by atoms with van der Waals surface area (Å²) in [6.07, 6.45) is 6.39. The maximum Gasteiger partial charge on any atom is 0.319 e. The second kappa shape index (κ2) is 17.7. The molecule has 0 aromatic heterocycles. The number of rotatable bonds is 15. The Kier molecular flexibility index (Phi) is 13.4. The molecular formula is C37H49FN4O5. The number of likely N-dealkylation sites (tertiary alicyclic amines) is 1. The van der Waals surface area contributed by atoms with Gasteiger partial charge in [-0.1, -0.05) is 27.2 Å². The highest BCUT2D eigenvalue weighted by Gasteiger charge is 2.22. The highest BCUT2D eigenvalue weighted by Crippen LogP contribution is 2.30. The summed E-state index contributed by atoms with van der Waals surface area (Å²) in [5.74, 6) is 0.580. The molecule has 0 aliphatic carbocycles. The van der Waals surface area contributed by atoms with E-state index >= 15 is 0 Å². The van der Waals surface area contributed by atoms with Gasteiger partial charge in [0.2, 0.25) is 0 Å². The van der Waals surface area contributed by atoms with Crippen LogP contribution in [0.2, 0.25) is 0 Å². The first-order chi connectivity index (χ1) is 22.7. The number of nitrogens with one attached hydrogen (secondary N) is 3. The van der Waals surface area contributed by atoms with Gasteiger partial charge in [-0.25, -0.2) is 9.18 Å².